The van der Waals surface area contributed by atoms with Crippen LogP contribution in [0.4, 0.5) is 0 Å². The van der Waals surface area contributed by atoms with Crippen LogP contribution in [-0.4, -0.2) is 49.6 Å². The second-order valence-corrected chi connectivity index (χ2v) is 3.82. The number of carbonyl (C=O) groups excluding carboxylic acids is 1. The van der Waals surface area contributed by atoms with Crippen molar-refractivity contribution in [2.75, 3.05) is 32.8 Å². The highest BCUT2D eigenvalue weighted by atomic mass is 16.5. The van der Waals surface area contributed by atoms with Crippen LogP contribution in [0.25, 0.3) is 0 Å². The van der Waals surface area contributed by atoms with E-state index in [4.69, 9.17) is 9.47 Å². The summed E-state index contributed by atoms with van der Waals surface area (Å²) in [5, 5.41) is 0. The highest BCUT2D eigenvalue weighted by molar-refractivity contribution is 5.97. The molecule has 4 heteroatoms. The van der Waals surface area contributed by atoms with Gasteiger partial charge in [-0.25, -0.2) is 0 Å². The van der Waals surface area contributed by atoms with E-state index in [1.54, 1.807) is 0 Å². The molecular formula is C11H17NO3. The Morgan fingerprint density at radius 2 is 2.47 bits per heavy atom. The van der Waals surface area contributed by atoms with Crippen LogP contribution in [0, 0.1) is 0 Å². The monoisotopic (exact) mass is 211 g/mol. The van der Waals surface area contributed by atoms with E-state index in [1.807, 2.05) is 6.08 Å². The molecule has 2 aliphatic rings. The normalized spacial score (nSPS) is 27.3. The summed E-state index contributed by atoms with van der Waals surface area (Å²) in [7, 11) is 0. The van der Waals surface area contributed by atoms with Crippen LogP contribution in [-0.2, 0) is 14.3 Å². The lowest BCUT2D eigenvalue weighted by Gasteiger charge is -2.31. The third-order valence-corrected chi connectivity index (χ3v) is 2.84. The van der Waals surface area contributed by atoms with E-state index in [-0.39, 0.29) is 11.9 Å². The molecule has 15 heavy (non-hydrogen) atoms. The molecule has 2 rings (SSSR count). The lowest BCUT2D eigenvalue weighted by atomic mass is 10.1. The Hall–Kier alpha value is -0.870. The first-order valence-corrected chi connectivity index (χ1v) is 5.52. The summed E-state index contributed by atoms with van der Waals surface area (Å²) in [6.45, 7) is 5.93. The van der Waals surface area contributed by atoms with Crippen molar-refractivity contribution in [1.82, 2.24) is 4.90 Å². The average molecular weight is 211 g/mol. The zero-order valence-electron chi connectivity index (χ0n) is 9.07. The number of likely N-dealkylation sites (N-methyl/N-ethyl adjacent to an activating group) is 1. The van der Waals surface area contributed by atoms with Gasteiger partial charge in [-0.2, -0.15) is 0 Å². The molecule has 0 aromatic carbocycles. The molecule has 1 fully saturated rings. The lowest BCUT2D eigenvalue weighted by Crippen LogP contribution is -2.46. The van der Waals surface area contributed by atoms with Crippen LogP contribution in [0.3, 0.4) is 0 Å². The maximum absolute atomic E-state index is 11.9. The van der Waals surface area contributed by atoms with Crippen LogP contribution in [0.5, 0.6) is 0 Å². The fourth-order valence-corrected chi connectivity index (χ4v) is 1.90. The first kappa shape index (κ1) is 10.6. The number of ketones is 1. The van der Waals surface area contributed by atoms with Crippen LogP contribution < -0.4 is 0 Å². The van der Waals surface area contributed by atoms with Crippen molar-refractivity contribution < 1.29 is 14.3 Å². The minimum Gasteiger partial charge on any atom is -0.490 e. The van der Waals surface area contributed by atoms with Gasteiger partial charge in [0.1, 0.15) is 6.10 Å². The van der Waals surface area contributed by atoms with Crippen molar-refractivity contribution in [3.05, 3.63) is 11.8 Å². The first-order chi connectivity index (χ1) is 7.31. The zero-order valence-corrected chi connectivity index (χ0v) is 9.07. The van der Waals surface area contributed by atoms with Crippen molar-refractivity contribution in [2.45, 2.75) is 19.4 Å². The van der Waals surface area contributed by atoms with E-state index in [1.165, 1.54) is 0 Å². The molecule has 1 atom stereocenters. The largest absolute Gasteiger partial charge is 0.490 e. The topological polar surface area (TPSA) is 38.8 Å². The Morgan fingerprint density at radius 3 is 3.13 bits per heavy atom. The Bertz CT molecular complexity index is 275. The second-order valence-electron chi connectivity index (χ2n) is 3.82. The Labute approximate surface area is 89.8 Å². The van der Waals surface area contributed by atoms with E-state index in [0.717, 1.165) is 19.5 Å². The van der Waals surface area contributed by atoms with E-state index in [2.05, 4.69) is 11.8 Å². The van der Waals surface area contributed by atoms with Crippen LogP contribution >= 0.6 is 0 Å². The maximum atomic E-state index is 11.9. The van der Waals surface area contributed by atoms with Crippen LogP contribution in [0.1, 0.15) is 13.3 Å². The molecule has 0 bridgehead atoms. The second kappa shape index (κ2) is 4.77. The molecule has 4 nitrogen and oxygen atoms in total. The van der Waals surface area contributed by atoms with Crippen LogP contribution in [0.2, 0.25) is 0 Å². The van der Waals surface area contributed by atoms with Gasteiger partial charge in [0.2, 0.25) is 5.78 Å². The summed E-state index contributed by atoms with van der Waals surface area (Å²) in [4.78, 5) is 14.1. The molecule has 84 valence electrons. The quantitative estimate of drug-likeness (QED) is 0.684. The molecule has 0 spiro atoms. The molecule has 0 aliphatic carbocycles. The number of hydrogen-bond donors (Lipinski definition) is 0. The summed E-state index contributed by atoms with van der Waals surface area (Å²) in [5.41, 5.74) is 0. The predicted molar refractivity (Wildman–Crippen MR) is 55.5 cm³/mol. The number of carbonyl (C=O) groups is 1. The molecule has 1 saturated heterocycles. The fraction of sp³-hybridized carbons (Fsp3) is 0.727. The molecular weight excluding hydrogens is 194 g/mol. The first-order valence-electron chi connectivity index (χ1n) is 5.52. The van der Waals surface area contributed by atoms with Gasteiger partial charge in [0, 0.05) is 19.5 Å². The minimum atomic E-state index is -0.331. The summed E-state index contributed by atoms with van der Waals surface area (Å²) in [6, 6.07) is 0. The Kier molecular flexibility index (Phi) is 3.38. The number of morpholine rings is 1. The third-order valence-electron chi connectivity index (χ3n) is 2.84. The van der Waals surface area contributed by atoms with Gasteiger partial charge >= 0.3 is 0 Å². The van der Waals surface area contributed by atoms with Crippen molar-refractivity contribution >= 4 is 5.78 Å². The number of hydrogen-bond acceptors (Lipinski definition) is 4. The predicted octanol–water partition coefficient (Wildman–Crippen LogP) is 0.580. The number of Topliss-reactive ketones (excluding diaryl/α,β-unsaturated/α-hetero) is 1. The molecule has 0 amide bonds. The summed E-state index contributed by atoms with van der Waals surface area (Å²) in [5.74, 6) is 0.503. The summed E-state index contributed by atoms with van der Waals surface area (Å²) >= 11 is 0. The molecule has 2 aliphatic heterocycles. The van der Waals surface area contributed by atoms with E-state index in [0.29, 0.717) is 25.5 Å². The average Bonchev–Trinajstić information content (AvgIpc) is 2.81. The molecule has 0 aromatic heterocycles. The number of rotatable bonds is 3. The smallest absolute Gasteiger partial charge is 0.226 e. The molecule has 2 heterocycles. The maximum Gasteiger partial charge on any atom is 0.226 e. The number of ether oxygens (including phenoxy) is 2. The van der Waals surface area contributed by atoms with Gasteiger partial charge in [0.05, 0.1) is 13.2 Å². The van der Waals surface area contributed by atoms with Gasteiger partial charge < -0.3 is 9.47 Å². The van der Waals surface area contributed by atoms with E-state index in [9.17, 15) is 4.79 Å². The van der Waals surface area contributed by atoms with E-state index >= 15 is 0 Å². The third kappa shape index (κ3) is 2.38. The summed E-state index contributed by atoms with van der Waals surface area (Å²) < 4.78 is 10.7. The molecule has 1 unspecified atom stereocenters. The van der Waals surface area contributed by atoms with Gasteiger partial charge in [0.15, 0.2) is 5.76 Å². The summed E-state index contributed by atoms with van der Waals surface area (Å²) in [6.07, 6.45) is 2.37. The Balaban J connectivity index is 1.94. The molecule has 0 N–H and O–H groups in total. The SMILES string of the molecule is CCN1CCOC(C(=O)C2=CCCO2)C1. The van der Waals surface area contributed by atoms with Crippen LogP contribution in [0.15, 0.2) is 11.8 Å². The molecule has 0 aromatic rings. The highest BCUT2D eigenvalue weighted by Gasteiger charge is 2.29. The van der Waals surface area contributed by atoms with Crippen molar-refractivity contribution in [2.24, 2.45) is 0 Å². The van der Waals surface area contributed by atoms with Gasteiger partial charge in [-0.05, 0) is 12.6 Å². The Morgan fingerprint density at radius 1 is 1.60 bits per heavy atom. The van der Waals surface area contributed by atoms with E-state index < -0.39 is 0 Å². The van der Waals surface area contributed by atoms with Gasteiger partial charge in [0.25, 0.3) is 0 Å². The van der Waals surface area contributed by atoms with Gasteiger partial charge in [-0.1, -0.05) is 6.92 Å². The molecule has 0 saturated carbocycles. The fourth-order valence-electron chi connectivity index (χ4n) is 1.90. The van der Waals surface area contributed by atoms with Gasteiger partial charge in [-0.15, -0.1) is 0 Å². The van der Waals surface area contributed by atoms with Crippen molar-refractivity contribution in [3.8, 4) is 0 Å². The highest BCUT2D eigenvalue weighted by Crippen LogP contribution is 2.16. The lowest BCUT2D eigenvalue weighted by molar-refractivity contribution is -0.135. The zero-order chi connectivity index (χ0) is 10.7. The van der Waals surface area contributed by atoms with Gasteiger partial charge in [-0.3, -0.25) is 9.69 Å². The molecule has 0 radical (unpaired) electrons. The van der Waals surface area contributed by atoms with Crippen molar-refractivity contribution in [3.63, 3.8) is 0 Å². The van der Waals surface area contributed by atoms with Crippen molar-refractivity contribution in [1.29, 1.82) is 0 Å². The standard InChI is InChI=1S/C11H17NO3/c1-2-12-5-7-15-10(8-12)11(13)9-4-3-6-14-9/h4,10H,2-3,5-8H2,1H3. The minimum absolute atomic E-state index is 0.00523. The number of nitrogens with zero attached hydrogens (tertiary/aromatic N) is 1.